The van der Waals surface area contributed by atoms with Crippen molar-refractivity contribution < 1.29 is 0 Å². The van der Waals surface area contributed by atoms with E-state index in [1.54, 1.807) is 17.5 Å². The van der Waals surface area contributed by atoms with Gasteiger partial charge in [-0.25, -0.2) is 9.97 Å². The normalized spacial score (nSPS) is 11.4. The summed E-state index contributed by atoms with van der Waals surface area (Å²) in [5, 5.41) is 21.6. The Bertz CT molecular complexity index is 1090. The highest BCUT2D eigenvalue weighted by atomic mass is 32.1. The maximum absolute atomic E-state index is 9.28. The molecule has 0 spiro atoms. The molecule has 0 saturated heterocycles. The van der Waals surface area contributed by atoms with Gasteiger partial charge in [0, 0.05) is 5.69 Å². The van der Waals surface area contributed by atoms with E-state index in [-0.39, 0.29) is 0 Å². The Hall–Kier alpha value is -3.24. The van der Waals surface area contributed by atoms with Crippen molar-refractivity contribution in [2.45, 2.75) is 19.3 Å². The summed E-state index contributed by atoms with van der Waals surface area (Å²) in [4.78, 5) is 10.2. The van der Waals surface area contributed by atoms with E-state index in [1.807, 2.05) is 55.6 Å². The van der Waals surface area contributed by atoms with Crippen LogP contribution in [0.15, 0.2) is 48.0 Å². The lowest BCUT2D eigenvalue weighted by molar-refractivity contribution is 0.687. The van der Waals surface area contributed by atoms with Gasteiger partial charge < -0.3 is 5.32 Å². The first-order valence-electron chi connectivity index (χ1n) is 8.11. The minimum absolute atomic E-state index is 0.517. The van der Waals surface area contributed by atoms with Crippen LogP contribution in [0.2, 0.25) is 0 Å². The zero-order chi connectivity index (χ0) is 18.1. The van der Waals surface area contributed by atoms with E-state index in [9.17, 15) is 5.26 Å². The fourth-order valence-electron chi connectivity index (χ4n) is 2.62. The fraction of sp³-hybridized carbons (Fsp3) is 0.158. The first-order valence-corrected chi connectivity index (χ1v) is 8.98. The third-order valence-electron chi connectivity index (χ3n) is 4.19. The topological polar surface area (TPSA) is 90.3 Å². The van der Waals surface area contributed by atoms with E-state index in [0.717, 1.165) is 27.2 Å². The average molecular weight is 360 g/mol. The van der Waals surface area contributed by atoms with Crippen LogP contribution in [-0.4, -0.2) is 20.2 Å². The summed E-state index contributed by atoms with van der Waals surface area (Å²) in [5.74, 6) is 1.34. The second-order valence-electron chi connectivity index (χ2n) is 6.44. The molecule has 2 N–H and O–H groups in total. The van der Waals surface area contributed by atoms with Crippen molar-refractivity contribution in [1.82, 2.24) is 20.2 Å². The maximum atomic E-state index is 9.28. The van der Waals surface area contributed by atoms with E-state index in [2.05, 4.69) is 31.6 Å². The highest BCUT2D eigenvalue weighted by Crippen LogP contribution is 2.29. The quantitative estimate of drug-likeness (QED) is 0.554. The Kier molecular flexibility index (Phi) is 3.90. The third-order valence-corrected chi connectivity index (χ3v) is 5.06. The summed E-state index contributed by atoms with van der Waals surface area (Å²) in [6.07, 6.45) is 1.69. The molecule has 6 nitrogen and oxygen atoms in total. The van der Waals surface area contributed by atoms with Crippen LogP contribution in [0.4, 0.5) is 11.5 Å². The van der Waals surface area contributed by atoms with Crippen LogP contribution in [0.3, 0.4) is 0 Å². The molecule has 0 saturated carbocycles. The van der Waals surface area contributed by atoms with Crippen molar-refractivity contribution in [2.75, 3.05) is 5.32 Å². The van der Waals surface area contributed by atoms with Gasteiger partial charge in [0.2, 0.25) is 0 Å². The van der Waals surface area contributed by atoms with E-state index in [4.69, 9.17) is 0 Å². The summed E-state index contributed by atoms with van der Waals surface area (Å²) >= 11 is 1.60. The lowest BCUT2D eigenvalue weighted by Gasteiger charge is -2.16. The van der Waals surface area contributed by atoms with Crippen LogP contribution in [0, 0.1) is 11.3 Å². The van der Waals surface area contributed by atoms with Crippen LogP contribution in [0.1, 0.15) is 19.4 Å². The van der Waals surface area contributed by atoms with E-state index in [1.165, 1.54) is 0 Å². The van der Waals surface area contributed by atoms with E-state index >= 15 is 0 Å². The number of H-pyrrole nitrogens is 1. The molecule has 0 bridgehead atoms. The van der Waals surface area contributed by atoms with Crippen LogP contribution in [-0.2, 0) is 5.41 Å². The zero-order valence-electron chi connectivity index (χ0n) is 14.3. The number of fused-ring (bicyclic) bond motifs is 1. The Morgan fingerprint density at radius 1 is 1.15 bits per heavy atom. The number of nitriles is 1. The molecule has 0 unspecified atom stereocenters. The Labute approximate surface area is 154 Å². The molecule has 3 heterocycles. The number of benzene rings is 1. The first-order chi connectivity index (χ1) is 12.6. The summed E-state index contributed by atoms with van der Waals surface area (Å²) in [6, 6.07) is 14.1. The molecule has 1 aromatic carbocycles. The van der Waals surface area contributed by atoms with Crippen LogP contribution in [0.25, 0.3) is 21.7 Å². The number of thiophene rings is 1. The molecule has 0 atom stereocenters. The van der Waals surface area contributed by atoms with E-state index in [0.29, 0.717) is 11.6 Å². The van der Waals surface area contributed by atoms with Gasteiger partial charge in [-0.2, -0.15) is 10.4 Å². The number of nitrogens with one attached hydrogen (secondary N) is 2. The summed E-state index contributed by atoms with van der Waals surface area (Å²) in [7, 11) is 0. The average Bonchev–Trinajstić information content (AvgIpc) is 3.34. The number of rotatable bonds is 4. The standard InChI is InChI=1S/C19H16N6S/c1-19(2,11-20)12-5-7-13(8-6-12)22-18-16-14(10-21-25-16)23-17(24-18)15-4-3-9-26-15/h3-10H,1-2H3,(H,21,25)(H,22,23,24). The molecule has 0 aliphatic rings. The van der Waals surface area contributed by atoms with Crippen LogP contribution >= 0.6 is 11.3 Å². The summed E-state index contributed by atoms with van der Waals surface area (Å²) in [5.41, 5.74) is 2.85. The predicted molar refractivity (Wildman–Crippen MR) is 103 cm³/mol. The monoisotopic (exact) mass is 360 g/mol. The number of aromatic nitrogens is 4. The van der Waals surface area contributed by atoms with Crippen LogP contribution in [0.5, 0.6) is 0 Å². The summed E-state index contributed by atoms with van der Waals surface area (Å²) < 4.78 is 0. The van der Waals surface area contributed by atoms with Gasteiger partial charge in [-0.3, -0.25) is 5.10 Å². The van der Waals surface area contributed by atoms with Crippen molar-refractivity contribution in [1.29, 1.82) is 5.26 Å². The van der Waals surface area contributed by atoms with Gasteiger partial charge in [-0.05, 0) is 43.0 Å². The van der Waals surface area contributed by atoms with Crippen molar-refractivity contribution in [3.8, 4) is 16.8 Å². The Morgan fingerprint density at radius 2 is 1.96 bits per heavy atom. The molecule has 0 amide bonds. The van der Waals surface area contributed by atoms with Gasteiger partial charge >= 0.3 is 0 Å². The highest BCUT2D eigenvalue weighted by molar-refractivity contribution is 7.13. The van der Waals surface area contributed by atoms with Gasteiger partial charge in [-0.15, -0.1) is 11.3 Å². The minimum atomic E-state index is -0.517. The number of aromatic amines is 1. The Morgan fingerprint density at radius 3 is 2.65 bits per heavy atom. The predicted octanol–water partition coefficient (Wildman–Crippen LogP) is 4.63. The van der Waals surface area contributed by atoms with Gasteiger partial charge in [0.1, 0.15) is 11.0 Å². The molecule has 0 aliphatic carbocycles. The van der Waals surface area contributed by atoms with Gasteiger partial charge in [0.25, 0.3) is 0 Å². The van der Waals surface area contributed by atoms with Crippen molar-refractivity contribution in [3.63, 3.8) is 0 Å². The van der Waals surface area contributed by atoms with Gasteiger partial charge in [-0.1, -0.05) is 18.2 Å². The number of nitrogens with zero attached hydrogens (tertiary/aromatic N) is 4. The number of hydrogen-bond donors (Lipinski definition) is 2. The SMILES string of the molecule is CC(C)(C#N)c1ccc(Nc2nc(-c3cccs3)nc3cn[nH]c23)cc1. The molecular weight excluding hydrogens is 344 g/mol. The maximum Gasteiger partial charge on any atom is 0.172 e. The molecule has 0 fully saturated rings. The second-order valence-corrected chi connectivity index (χ2v) is 7.39. The molecule has 0 aliphatic heterocycles. The summed E-state index contributed by atoms with van der Waals surface area (Å²) in [6.45, 7) is 3.81. The zero-order valence-corrected chi connectivity index (χ0v) is 15.1. The first kappa shape index (κ1) is 16.2. The molecule has 7 heteroatoms. The number of anilines is 2. The molecular formula is C19H16N6S. The Balaban J connectivity index is 1.71. The van der Waals surface area contributed by atoms with Gasteiger partial charge in [0.05, 0.1) is 22.6 Å². The lowest BCUT2D eigenvalue weighted by Crippen LogP contribution is -2.13. The van der Waals surface area contributed by atoms with E-state index < -0.39 is 5.41 Å². The van der Waals surface area contributed by atoms with Crippen LogP contribution < -0.4 is 5.32 Å². The highest BCUT2D eigenvalue weighted by Gasteiger charge is 2.19. The lowest BCUT2D eigenvalue weighted by atomic mass is 9.86. The third kappa shape index (κ3) is 2.91. The van der Waals surface area contributed by atoms with Gasteiger partial charge in [0.15, 0.2) is 11.6 Å². The smallest absolute Gasteiger partial charge is 0.172 e. The fourth-order valence-corrected chi connectivity index (χ4v) is 3.28. The number of hydrogen-bond acceptors (Lipinski definition) is 6. The van der Waals surface area contributed by atoms with Crippen molar-refractivity contribution >= 4 is 33.9 Å². The second kappa shape index (κ2) is 6.24. The molecule has 4 aromatic rings. The largest absolute Gasteiger partial charge is 0.338 e. The molecule has 4 rings (SSSR count). The molecule has 26 heavy (non-hydrogen) atoms. The van der Waals surface area contributed by atoms with Crippen molar-refractivity contribution in [3.05, 3.63) is 53.5 Å². The molecule has 3 aromatic heterocycles. The molecule has 128 valence electrons. The minimum Gasteiger partial charge on any atom is -0.338 e. The van der Waals surface area contributed by atoms with Crippen molar-refractivity contribution in [2.24, 2.45) is 0 Å². The molecule has 0 radical (unpaired) electrons.